The topological polar surface area (TPSA) is 76.7 Å². The zero-order valence-electron chi connectivity index (χ0n) is 12.8. The van der Waals surface area contributed by atoms with Gasteiger partial charge in [0.25, 0.3) is 11.8 Å². The average molecular weight is 347 g/mol. The molecule has 1 unspecified atom stereocenters. The van der Waals surface area contributed by atoms with Crippen molar-refractivity contribution in [2.45, 2.75) is 13.0 Å². The van der Waals surface area contributed by atoms with Gasteiger partial charge in [0.2, 0.25) is 0 Å². The Kier molecular flexibility index (Phi) is 4.57. The minimum absolute atomic E-state index is 0.180. The summed E-state index contributed by atoms with van der Waals surface area (Å²) < 4.78 is 10.8. The maximum Gasteiger partial charge on any atom is 0.265 e. The van der Waals surface area contributed by atoms with Crippen molar-refractivity contribution in [3.05, 3.63) is 47.5 Å². The lowest BCUT2D eigenvalue weighted by atomic mass is 10.2. The fourth-order valence-electron chi connectivity index (χ4n) is 2.19. The molecule has 1 atom stereocenters. The molecule has 0 aliphatic carbocycles. The molecule has 0 spiro atoms. The van der Waals surface area contributed by atoms with Crippen molar-refractivity contribution < 1.29 is 19.1 Å². The molecule has 1 aliphatic rings. The Bertz CT molecular complexity index is 794. The van der Waals surface area contributed by atoms with E-state index in [1.807, 2.05) is 0 Å². The van der Waals surface area contributed by atoms with Gasteiger partial charge in [0.1, 0.15) is 11.5 Å². The molecule has 1 aliphatic heterocycles. The Hall–Kier alpha value is -2.73. The minimum Gasteiger partial charge on any atom is -0.482 e. The molecule has 0 aromatic heterocycles. The number of benzene rings is 2. The summed E-state index contributed by atoms with van der Waals surface area (Å²) in [6.07, 6.45) is -0.540. The second kappa shape index (κ2) is 6.80. The van der Waals surface area contributed by atoms with E-state index in [1.165, 1.54) is 0 Å². The van der Waals surface area contributed by atoms with Crippen LogP contribution in [-0.2, 0) is 9.59 Å². The Morgan fingerprint density at radius 2 is 2.12 bits per heavy atom. The number of ether oxygens (including phenoxy) is 2. The second-order valence-corrected chi connectivity index (χ2v) is 5.63. The lowest BCUT2D eigenvalue weighted by Gasteiger charge is -2.23. The molecular formula is C17H15ClN2O4. The molecule has 1 heterocycles. The van der Waals surface area contributed by atoms with Gasteiger partial charge in [-0.3, -0.25) is 9.59 Å². The number of halogens is 1. The van der Waals surface area contributed by atoms with E-state index < -0.39 is 6.10 Å². The van der Waals surface area contributed by atoms with Gasteiger partial charge in [0.15, 0.2) is 12.7 Å². The number of hydrogen-bond acceptors (Lipinski definition) is 4. The van der Waals surface area contributed by atoms with Gasteiger partial charge in [-0.25, -0.2) is 0 Å². The summed E-state index contributed by atoms with van der Waals surface area (Å²) in [6.45, 7) is 1.49. The Morgan fingerprint density at radius 3 is 2.92 bits per heavy atom. The maximum absolute atomic E-state index is 12.0. The highest BCUT2D eigenvalue weighted by Crippen LogP contribution is 2.32. The zero-order valence-corrected chi connectivity index (χ0v) is 13.6. The van der Waals surface area contributed by atoms with Crippen molar-refractivity contribution >= 4 is 34.8 Å². The van der Waals surface area contributed by atoms with Crippen LogP contribution >= 0.6 is 11.6 Å². The Labute approximate surface area is 143 Å². The van der Waals surface area contributed by atoms with Crippen LogP contribution in [0.4, 0.5) is 11.4 Å². The normalized spacial score (nSPS) is 15.8. The molecule has 0 saturated carbocycles. The monoisotopic (exact) mass is 346 g/mol. The molecule has 7 heteroatoms. The zero-order chi connectivity index (χ0) is 17.1. The van der Waals surface area contributed by atoms with Crippen LogP contribution in [0.5, 0.6) is 11.5 Å². The molecule has 6 nitrogen and oxygen atoms in total. The average Bonchev–Trinajstić information content (AvgIpc) is 2.55. The minimum atomic E-state index is -0.540. The fourth-order valence-corrected chi connectivity index (χ4v) is 2.38. The number of nitrogens with one attached hydrogen (secondary N) is 2. The van der Waals surface area contributed by atoms with Crippen molar-refractivity contribution in [3.8, 4) is 11.5 Å². The maximum atomic E-state index is 12.0. The predicted octanol–water partition coefficient (Wildman–Crippen LogP) is 3.08. The number of anilines is 2. The molecule has 124 valence electrons. The van der Waals surface area contributed by atoms with Gasteiger partial charge < -0.3 is 20.1 Å². The molecule has 2 amide bonds. The third-order valence-corrected chi connectivity index (χ3v) is 3.70. The van der Waals surface area contributed by atoms with Gasteiger partial charge in [-0.1, -0.05) is 23.7 Å². The number of amides is 2. The SMILES string of the molecule is CC1Oc2ccc(NC(=O)COc3ccccc3Cl)cc2NC1=O. The quantitative estimate of drug-likeness (QED) is 0.892. The van der Waals surface area contributed by atoms with Gasteiger partial charge in [0, 0.05) is 5.69 Å². The number of para-hydroxylation sites is 1. The molecule has 24 heavy (non-hydrogen) atoms. The van der Waals surface area contributed by atoms with Crippen LogP contribution < -0.4 is 20.1 Å². The van der Waals surface area contributed by atoms with Crippen molar-refractivity contribution in [2.24, 2.45) is 0 Å². The smallest absolute Gasteiger partial charge is 0.265 e. The number of carbonyl (C=O) groups is 2. The molecule has 2 N–H and O–H groups in total. The van der Waals surface area contributed by atoms with Crippen molar-refractivity contribution in [2.75, 3.05) is 17.2 Å². The number of rotatable bonds is 4. The lowest BCUT2D eigenvalue weighted by molar-refractivity contribution is -0.122. The summed E-state index contributed by atoms with van der Waals surface area (Å²) in [4.78, 5) is 23.6. The van der Waals surface area contributed by atoms with Gasteiger partial charge in [-0.05, 0) is 37.3 Å². The molecule has 2 aromatic carbocycles. The van der Waals surface area contributed by atoms with Crippen LogP contribution in [0.2, 0.25) is 5.02 Å². The van der Waals surface area contributed by atoms with Crippen LogP contribution in [0.25, 0.3) is 0 Å². The van der Waals surface area contributed by atoms with Crippen LogP contribution in [-0.4, -0.2) is 24.5 Å². The van der Waals surface area contributed by atoms with E-state index in [0.29, 0.717) is 27.9 Å². The first-order valence-corrected chi connectivity index (χ1v) is 7.69. The Morgan fingerprint density at radius 1 is 1.33 bits per heavy atom. The first kappa shape index (κ1) is 16.1. The summed E-state index contributed by atoms with van der Waals surface area (Å²) in [5.41, 5.74) is 1.04. The first-order chi connectivity index (χ1) is 11.5. The van der Waals surface area contributed by atoms with Crippen LogP contribution in [0.3, 0.4) is 0 Å². The molecule has 2 aromatic rings. The Balaban J connectivity index is 1.62. The van der Waals surface area contributed by atoms with E-state index in [-0.39, 0.29) is 18.4 Å². The number of hydrogen-bond donors (Lipinski definition) is 2. The van der Waals surface area contributed by atoms with Crippen molar-refractivity contribution in [3.63, 3.8) is 0 Å². The van der Waals surface area contributed by atoms with Crippen LogP contribution in [0.15, 0.2) is 42.5 Å². The van der Waals surface area contributed by atoms with E-state index in [2.05, 4.69) is 10.6 Å². The van der Waals surface area contributed by atoms with Gasteiger partial charge in [0.05, 0.1) is 10.7 Å². The third-order valence-electron chi connectivity index (χ3n) is 3.39. The van der Waals surface area contributed by atoms with Gasteiger partial charge in [-0.15, -0.1) is 0 Å². The molecular weight excluding hydrogens is 332 g/mol. The molecule has 0 saturated heterocycles. The lowest BCUT2D eigenvalue weighted by Crippen LogP contribution is -2.34. The fraction of sp³-hybridized carbons (Fsp3) is 0.176. The van der Waals surface area contributed by atoms with Gasteiger partial charge >= 0.3 is 0 Å². The standard InChI is InChI=1S/C17H15ClN2O4/c1-10-17(22)20-13-8-11(6-7-15(13)24-10)19-16(21)9-23-14-5-3-2-4-12(14)18/h2-8,10H,9H2,1H3,(H,19,21)(H,20,22). The largest absolute Gasteiger partial charge is 0.482 e. The first-order valence-electron chi connectivity index (χ1n) is 7.31. The molecule has 3 rings (SSSR count). The second-order valence-electron chi connectivity index (χ2n) is 5.23. The molecule has 0 bridgehead atoms. The highest BCUT2D eigenvalue weighted by Gasteiger charge is 2.23. The van der Waals surface area contributed by atoms with E-state index in [4.69, 9.17) is 21.1 Å². The molecule has 0 radical (unpaired) electrons. The molecule has 0 fully saturated rings. The summed E-state index contributed by atoms with van der Waals surface area (Å²) in [6, 6.07) is 11.9. The highest BCUT2D eigenvalue weighted by molar-refractivity contribution is 6.32. The summed E-state index contributed by atoms with van der Waals surface area (Å²) in [7, 11) is 0. The van der Waals surface area contributed by atoms with E-state index >= 15 is 0 Å². The summed E-state index contributed by atoms with van der Waals surface area (Å²) >= 11 is 5.96. The summed E-state index contributed by atoms with van der Waals surface area (Å²) in [5, 5.41) is 5.86. The third kappa shape index (κ3) is 3.60. The predicted molar refractivity (Wildman–Crippen MR) is 90.7 cm³/mol. The number of fused-ring (bicyclic) bond motifs is 1. The van der Waals surface area contributed by atoms with E-state index in [1.54, 1.807) is 49.4 Å². The van der Waals surface area contributed by atoms with E-state index in [9.17, 15) is 9.59 Å². The van der Waals surface area contributed by atoms with Gasteiger partial charge in [-0.2, -0.15) is 0 Å². The van der Waals surface area contributed by atoms with Crippen LogP contribution in [0, 0.1) is 0 Å². The highest BCUT2D eigenvalue weighted by atomic mass is 35.5. The van der Waals surface area contributed by atoms with Crippen molar-refractivity contribution in [1.82, 2.24) is 0 Å². The van der Waals surface area contributed by atoms with Crippen LogP contribution in [0.1, 0.15) is 6.92 Å². The number of carbonyl (C=O) groups excluding carboxylic acids is 2. The van der Waals surface area contributed by atoms with Crippen molar-refractivity contribution in [1.29, 1.82) is 0 Å². The van der Waals surface area contributed by atoms with E-state index in [0.717, 1.165) is 0 Å². The summed E-state index contributed by atoms with van der Waals surface area (Å²) in [5.74, 6) is 0.432.